The molecule has 2 aromatic rings. The highest BCUT2D eigenvalue weighted by Crippen LogP contribution is 2.07. The van der Waals surface area contributed by atoms with Crippen molar-refractivity contribution < 1.29 is 0 Å². The lowest BCUT2D eigenvalue weighted by Crippen LogP contribution is -2.20. The second-order valence-electron chi connectivity index (χ2n) is 2.65. The molecule has 4 nitrogen and oxygen atoms in total. The number of aromatic nitrogens is 1. The average molecular weight is 188 g/mol. The average Bonchev–Trinajstić information content (AvgIpc) is 2.17. The van der Waals surface area contributed by atoms with E-state index in [4.69, 9.17) is 5.41 Å². The molecule has 1 aromatic heterocycles. The van der Waals surface area contributed by atoms with Crippen LogP contribution in [0.25, 0.3) is 10.9 Å². The Morgan fingerprint density at radius 1 is 1.07 bits per heavy atom. The van der Waals surface area contributed by atoms with E-state index in [1.54, 1.807) is 0 Å². The van der Waals surface area contributed by atoms with Crippen LogP contribution in [-0.2, 0) is 0 Å². The molecule has 0 aliphatic carbocycles. The van der Waals surface area contributed by atoms with Gasteiger partial charge < -0.3 is 11.5 Å². The maximum absolute atomic E-state index is 6.06. The Morgan fingerprint density at radius 2 is 1.64 bits per heavy atom. The first kappa shape index (κ1) is 9.98. The Labute approximate surface area is 82.1 Å². The van der Waals surface area contributed by atoms with Crippen molar-refractivity contribution in [1.82, 2.24) is 4.98 Å². The zero-order valence-electron chi connectivity index (χ0n) is 7.64. The van der Waals surface area contributed by atoms with E-state index in [2.05, 4.69) is 28.6 Å². The highest BCUT2D eigenvalue weighted by atomic mass is 14.9. The smallest absolute Gasteiger partial charge is 0.183 e. The van der Waals surface area contributed by atoms with Crippen molar-refractivity contribution >= 4 is 16.9 Å². The van der Waals surface area contributed by atoms with Crippen molar-refractivity contribution in [2.45, 2.75) is 0 Å². The molecule has 1 aromatic carbocycles. The zero-order valence-corrected chi connectivity index (χ0v) is 7.64. The van der Waals surface area contributed by atoms with Gasteiger partial charge >= 0.3 is 0 Å². The van der Waals surface area contributed by atoms with Crippen LogP contribution in [0.5, 0.6) is 0 Å². The molecule has 5 N–H and O–H groups in total. The molecule has 2 rings (SSSR count). The largest absolute Gasteiger partial charge is 0.370 e. The highest BCUT2D eigenvalue weighted by Gasteiger charge is 1.86. The molecule has 0 saturated carbocycles. The number of hydrogen-bond acceptors (Lipinski definition) is 2. The Hall–Kier alpha value is -2.10. The van der Waals surface area contributed by atoms with Gasteiger partial charge in [0.05, 0.1) is 5.52 Å². The summed E-state index contributed by atoms with van der Waals surface area (Å²) in [7, 11) is 0. The summed E-state index contributed by atoms with van der Waals surface area (Å²) in [6.45, 7) is 0. The SMILES string of the molecule is N=C(N)N.c1ccc2ncccc2c1. The van der Waals surface area contributed by atoms with E-state index in [0.717, 1.165) is 5.52 Å². The second kappa shape index (κ2) is 4.81. The van der Waals surface area contributed by atoms with E-state index in [1.807, 2.05) is 30.5 Å². The van der Waals surface area contributed by atoms with Gasteiger partial charge in [-0.15, -0.1) is 0 Å². The number of guanidine groups is 1. The first-order chi connectivity index (χ1) is 6.70. The number of para-hydroxylation sites is 1. The van der Waals surface area contributed by atoms with Gasteiger partial charge in [-0.1, -0.05) is 24.3 Å². The molecule has 0 aliphatic rings. The van der Waals surface area contributed by atoms with Crippen molar-refractivity contribution in [3.8, 4) is 0 Å². The molecular formula is C10H12N4. The lowest BCUT2D eigenvalue weighted by atomic mass is 10.2. The molecule has 72 valence electrons. The summed E-state index contributed by atoms with van der Waals surface area (Å²) in [5, 5.41) is 7.25. The normalized spacial score (nSPS) is 8.86. The summed E-state index contributed by atoms with van der Waals surface area (Å²) in [5.41, 5.74) is 10.0. The van der Waals surface area contributed by atoms with Crippen LogP contribution in [-0.4, -0.2) is 10.9 Å². The fraction of sp³-hybridized carbons (Fsp3) is 0. The summed E-state index contributed by atoms with van der Waals surface area (Å²) in [6.07, 6.45) is 1.81. The van der Waals surface area contributed by atoms with Gasteiger partial charge in [-0.2, -0.15) is 0 Å². The summed E-state index contributed by atoms with van der Waals surface area (Å²) in [4.78, 5) is 4.18. The number of pyridine rings is 1. The first-order valence-electron chi connectivity index (χ1n) is 4.09. The Balaban J connectivity index is 0.000000213. The van der Waals surface area contributed by atoms with Crippen molar-refractivity contribution in [3.63, 3.8) is 0 Å². The number of nitrogens with one attached hydrogen (secondary N) is 1. The van der Waals surface area contributed by atoms with Gasteiger partial charge in [0.1, 0.15) is 0 Å². The Morgan fingerprint density at radius 3 is 2.29 bits per heavy atom. The van der Waals surface area contributed by atoms with Gasteiger partial charge in [0.2, 0.25) is 0 Å². The molecule has 14 heavy (non-hydrogen) atoms. The van der Waals surface area contributed by atoms with E-state index >= 15 is 0 Å². The lowest BCUT2D eigenvalue weighted by molar-refractivity contribution is 1.39. The molecule has 0 saturated heterocycles. The lowest BCUT2D eigenvalue weighted by Gasteiger charge is -1.91. The standard InChI is InChI=1S/C9H7N.CH5N3/c1-2-6-9-8(4-1)5-3-7-10-9;2-1(3)4/h1-7H;(H5,2,3,4). The number of fused-ring (bicyclic) bond motifs is 1. The fourth-order valence-corrected chi connectivity index (χ4v) is 1.02. The number of nitrogens with two attached hydrogens (primary N) is 2. The molecule has 0 radical (unpaired) electrons. The molecule has 0 bridgehead atoms. The van der Waals surface area contributed by atoms with Gasteiger partial charge in [0, 0.05) is 11.6 Å². The minimum atomic E-state index is -0.333. The number of rotatable bonds is 0. The molecular weight excluding hydrogens is 176 g/mol. The topological polar surface area (TPSA) is 88.8 Å². The molecule has 0 unspecified atom stereocenters. The maximum atomic E-state index is 6.06. The van der Waals surface area contributed by atoms with Crippen LogP contribution in [0.3, 0.4) is 0 Å². The minimum Gasteiger partial charge on any atom is -0.370 e. The van der Waals surface area contributed by atoms with Crippen molar-refractivity contribution in [2.75, 3.05) is 0 Å². The Bertz CT molecular complexity index is 356. The summed E-state index contributed by atoms with van der Waals surface area (Å²) in [5.74, 6) is -0.333. The molecule has 1 heterocycles. The van der Waals surface area contributed by atoms with Crippen LogP contribution < -0.4 is 11.5 Å². The third-order valence-corrected chi connectivity index (χ3v) is 1.51. The second-order valence-corrected chi connectivity index (χ2v) is 2.65. The third-order valence-electron chi connectivity index (χ3n) is 1.51. The van der Waals surface area contributed by atoms with E-state index < -0.39 is 0 Å². The molecule has 4 heteroatoms. The molecule has 0 spiro atoms. The first-order valence-corrected chi connectivity index (χ1v) is 4.09. The van der Waals surface area contributed by atoms with Gasteiger partial charge in [-0.05, 0) is 12.1 Å². The third kappa shape index (κ3) is 3.10. The van der Waals surface area contributed by atoms with Gasteiger partial charge in [0.15, 0.2) is 5.96 Å². The van der Waals surface area contributed by atoms with E-state index in [0.29, 0.717) is 0 Å². The van der Waals surface area contributed by atoms with E-state index in [-0.39, 0.29) is 5.96 Å². The highest BCUT2D eigenvalue weighted by molar-refractivity contribution is 5.77. The number of hydrogen-bond donors (Lipinski definition) is 3. The maximum Gasteiger partial charge on any atom is 0.183 e. The molecule has 0 aliphatic heterocycles. The van der Waals surface area contributed by atoms with Crippen LogP contribution in [0.4, 0.5) is 0 Å². The van der Waals surface area contributed by atoms with Crippen LogP contribution in [0.2, 0.25) is 0 Å². The molecule has 0 atom stereocenters. The van der Waals surface area contributed by atoms with Gasteiger partial charge in [0.25, 0.3) is 0 Å². The fourth-order valence-electron chi connectivity index (χ4n) is 1.02. The monoisotopic (exact) mass is 188 g/mol. The summed E-state index contributed by atoms with van der Waals surface area (Å²) < 4.78 is 0. The van der Waals surface area contributed by atoms with Crippen LogP contribution in [0, 0.1) is 5.41 Å². The summed E-state index contributed by atoms with van der Waals surface area (Å²) in [6, 6.07) is 12.1. The minimum absolute atomic E-state index is 0.333. The van der Waals surface area contributed by atoms with Crippen molar-refractivity contribution in [3.05, 3.63) is 42.6 Å². The van der Waals surface area contributed by atoms with Crippen LogP contribution in [0.15, 0.2) is 42.6 Å². The van der Waals surface area contributed by atoms with Crippen LogP contribution >= 0.6 is 0 Å². The van der Waals surface area contributed by atoms with Crippen molar-refractivity contribution in [2.24, 2.45) is 11.5 Å². The quantitative estimate of drug-likeness (QED) is 0.427. The predicted octanol–water partition coefficient (Wildman–Crippen LogP) is 1.07. The molecule has 0 amide bonds. The number of benzene rings is 1. The predicted molar refractivity (Wildman–Crippen MR) is 57.8 cm³/mol. The van der Waals surface area contributed by atoms with Gasteiger partial charge in [-0.25, -0.2) is 0 Å². The van der Waals surface area contributed by atoms with Gasteiger partial charge in [-0.3, -0.25) is 10.4 Å². The zero-order chi connectivity index (χ0) is 10.4. The van der Waals surface area contributed by atoms with Crippen molar-refractivity contribution in [1.29, 1.82) is 5.41 Å². The Kier molecular flexibility index (Phi) is 3.43. The number of nitrogens with zero attached hydrogens (tertiary/aromatic N) is 1. The van der Waals surface area contributed by atoms with E-state index in [9.17, 15) is 0 Å². The van der Waals surface area contributed by atoms with E-state index in [1.165, 1.54) is 5.39 Å². The summed E-state index contributed by atoms with van der Waals surface area (Å²) >= 11 is 0. The van der Waals surface area contributed by atoms with Crippen LogP contribution in [0.1, 0.15) is 0 Å². The molecule has 0 fully saturated rings.